The molecule has 1 aliphatic heterocycles. The molecule has 2 heteroatoms. The first-order valence-corrected chi connectivity index (χ1v) is 6.49. The lowest BCUT2D eigenvalue weighted by Gasteiger charge is -2.45. The number of rotatable bonds is 2. The van der Waals surface area contributed by atoms with Crippen molar-refractivity contribution >= 4 is 0 Å². The summed E-state index contributed by atoms with van der Waals surface area (Å²) in [4.78, 5) is 2.45. The van der Waals surface area contributed by atoms with Crippen LogP contribution in [0.5, 0.6) is 0 Å². The molecule has 2 rings (SSSR count). The Labute approximate surface area is 104 Å². The molecule has 0 amide bonds. The van der Waals surface area contributed by atoms with E-state index >= 15 is 0 Å². The maximum atomic E-state index is 10.4. The quantitative estimate of drug-likeness (QED) is 0.848. The van der Waals surface area contributed by atoms with E-state index in [1.807, 2.05) is 6.92 Å². The van der Waals surface area contributed by atoms with Crippen LogP contribution in [0, 0.1) is 11.8 Å². The van der Waals surface area contributed by atoms with Gasteiger partial charge in [-0.2, -0.15) is 0 Å². The molecule has 0 spiro atoms. The number of benzene rings is 1. The normalized spacial score (nSPS) is 34.8. The van der Waals surface area contributed by atoms with E-state index in [-0.39, 0.29) is 0 Å². The third-order valence-electron chi connectivity index (χ3n) is 4.31. The summed E-state index contributed by atoms with van der Waals surface area (Å²) in [5.74, 6) is 0.657. The maximum absolute atomic E-state index is 10.4. The van der Waals surface area contributed by atoms with Crippen LogP contribution in [0.4, 0.5) is 0 Å². The topological polar surface area (TPSA) is 23.5 Å². The maximum Gasteiger partial charge on any atom is 0.0694 e. The lowest BCUT2D eigenvalue weighted by molar-refractivity contribution is -0.0933. The van der Waals surface area contributed by atoms with E-state index in [4.69, 9.17) is 0 Å². The second kappa shape index (κ2) is 4.79. The van der Waals surface area contributed by atoms with Crippen LogP contribution >= 0.6 is 0 Å². The fourth-order valence-corrected chi connectivity index (χ4v) is 2.68. The van der Waals surface area contributed by atoms with Crippen molar-refractivity contribution in [2.75, 3.05) is 13.1 Å². The van der Waals surface area contributed by atoms with Crippen molar-refractivity contribution in [1.29, 1.82) is 0 Å². The molecule has 1 unspecified atom stereocenters. The first kappa shape index (κ1) is 12.6. The third-order valence-corrected chi connectivity index (χ3v) is 4.31. The van der Waals surface area contributed by atoms with Crippen molar-refractivity contribution in [2.45, 2.75) is 32.9 Å². The molecule has 1 aromatic rings. The molecule has 3 atom stereocenters. The summed E-state index contributed by atoms with van der Waals surface area (Å²) in [5, 5.41) is 10.4. The second-order valence-electron chi connectivity index (χ2n) is 5.71. The van der Waals surface area contributed by atoms with E-state index in [2.05, 4.69) is 49.1 Å². The fourth-order valence-electron chi connectivity index (χ4n) is 2.68. The van der Waals surface area contributed by atoms with Gasteiger partial charge in [-0.3, -0.25) is 4.90 Å². The zero-order valence-electron chi connectivity index (χ0n) is 11.1. The molecule has 94 valence electrons. The van der Waals surface area contributed by atoms with Gasteiger partial charge in [0, 0.05) is 19.6 Å². The molecule has 1 heterocycles. The lowest BCUT2D eigenvalue weighted by atomic mass is 9.76. The zero-order valence-corrected chi connectivity index (χ0v) is 11.1. The van der Waals surface area contributed by atoms with E-state index in [0.717, 1.165) is 19.6 Å². The molecule has 1 fully saturated rings. The summed E-state index contributed by atoms with van der Waals surface area (Å²) in [6.07, 6.45) is 0. The summed E-state index contributed by atoms with van der Waals surface area (Å²) in [5.41, 5.74) is 0.834. The van der Waals surface area contributed by atoms with Gasteiger partial charge in [-0.1, -0.05) is 44.2 Å². The summed E-state index contributed by atoms with van der Waals surface area (Å²) < 4.78 is 0. The molecule has 0 saturated carbocycles. The Morgan fingerprint density at radius 3 is 2.24 bits per heavy atom. The number of aliphatic hydroxyl groups is 1. The van der Waals surface area contributed by atoms with Crippen LogP contribution in [0.1, 0.15) is 26.3 Å². The molecule has 1 aliphatic rings. The summed E-state index contributed by atoms with van der Waals surface area (Å²) in [7, 11) is 0. The standard InChI is InChI=1S/C15H23NO/c1-12-9-16(10-13(2)15(12,3)17)11-14-7-5-4-6-8-14/h4-8,12-13,17H,9-11H2,1-3H3/t12-,13+,15?. The monoisotopic (exact) mass is 233 g/mol. The molecule has 0 radical (unpaired) electrons. The number of nitrogens with zero attached hydrogens (tertiary/aromatic N) is 1. The van der Waals surface area contributed by atoms with Gasteiger partial charge in [0.1, 0.15) is 0 Å². The van der Waals surface area contributed by atoms with E-state index in [1.165, 1.54) is 5.56 Å². The highest BCUT2D eigenvalue weighted by Crippen LogP contribution is 2.32. The average molecular weight is 233 g/mol. The molecule has 0 aliphatic carbocycles. The van der Waals surface area contributed by atoms with Gasteiger partial charge in [-0.05, 0) is 24.3 Å². The van der Waals surface area contributed by atoms with Crippen LogP contribution in [0.3, 0.4) is 0 Å². The highest BCUT2D eigenvalue weighted by atomic mass is 16.3. The van der Waals surface area contributed by atoms with Crippen molar-refractivity contribution in [3.8, 4) is 0 Å². The molecule has 17 heavy (non-hydrogen) atoms. The number of piperidine rings is 1. The molecular weight excluding hydrogens is 210 g/mol. The van der Waals surface area contributed by atoms with Crippen LogP contribution in [-0.4, -0.2) is 28.7 Å². The Morgan fingerprint density at radius 1 is 1.18 bits per heavy atom. The minimum Gasteiger partial charge on any atom is -0.390 e. The minimum atomic E-state index is -0.521. The van der Waals surface area contributed by atoms with Gasteiger partial charge in [-0.25, -0.2) is 0 Å². The lowest BCUT2D eigenvalue weighted by Crippen LogP contribution is -2.54. The summed E-state index contributed by atoms with van der Waals surface area (Å²) in [6.45, 7) is 9.22. The van der Waals surface area contributed by atoms with Gasteiger partial charge < -0.3 is 5.11 Å². The van der Waals surface area contributed by atoms with Crippen LogP contribution < -0.4 is 0 Å². The highest BCUT2D eigenvalue weighted by molar-refractivity contribution is 5.14. The molecular formula is C15H23NO. The van der Waals surface area contributed by atoms with Crippen molar-refractivity contribution in [3.63, 3.8) is 0 Å². The van der Waals surface area contributed by atoms with Gasteiger partial charge in [0.2, 0.25) is 0 Å². The van der Waals surface area contributed by atoms with E-state index in [0.29, 0.717) is 11.8 Å². The van der Waals surface area contributed by atoms with Crippen molar-refractivity contribution in [1.82, 2.24) is 4.90 Å². The Morgan fingerprint density at radius 2 is 1.71 bits per heavy atom. The minimum absolute atomic E-state index is 0.329. The van der Waals surface area contributed by atoms with Crippen molar-refractivity contribution in [2.24, 2.45) is 11.8 Å². The largest absolute Gasteiger partial charge is 0.390 e. The summed E-state index contributed by atoms with van der Waals surface area (Å²) >= 11 is 0. The molecule has 0 bridgehead atoms. The van der Waals surface area contributed by atoms with E-state index in [1.54, 1.807) is 0 Å². The molecule has 1 N–H and O–H groups in total. The van der Waals surface area contributed by atoms with Crippen LogP contribution in [0.15, 0.2) is 30.3 Å². The third kappa shape index (κ3) is 2.70. The predicted octanol–water partition coefficient (Wildman–Crippen LogP) is 2.53. The summed E-state index contributed by atoms with van der Waals surface area (Å²) in [6, 6.07) is 10.6. The SMILES string of the molecule is C[C@@H]1CN(Cc2ccccc2)C[C@H](C)C1(C)O. The first-order chi connectivity index (χ1) is 8.00. The molecule has 1 aromatic carbocycles. The van der Waals surface area contributed by atoms with Crippen LogP contribution in [0.2, 0.25) is 0 Å². The Hall–Kier alpha value is -0.860. The van der Waals surface area contributed by atoms with Crippen LogP contribution in [-0.2, 0) is 6.54 Å². The Bertz CT molecular complexity index is 346. The van der Waals surface area contributed by atoms with E-state index < -0.39 is 5.60 Å². The van der Waals surface area contributed by atoms with E-state index in [9.17, 15) is 5.11 Å². The second-order valence-corrected chi connectivity index (χ2v) is 5.71. The zero-order chi connectivity index (χ0) is 12.5. The Balaban J connectivity index is 2.01. The van der Waals surface area contributed by atoms with Gasteiger partial charge in [0.25, 0.3) is 0 Å². The Kier molecular flexibility index (Phi) is 3.55. The fraction of sp³-hybridized carbons (Fsp3) is 0.600. The average Bonchev–Trinajstić information content (AvgIpc) is 2.28. The van der Waals surface area contributed by atoms with Gasteiger partial charge in [0.15, 0.2) is 0 Å². The van der Waals surface area contributed by atoms with Gasteiger partial charge in [-0.15, -0.1) is 0 Å². The number of hydrogen-bond donors (Lipinski definition) is 1. The van der Waals surface area contributed by atoms with Crippen molar-refractivity contribution in [3.05, 3.63) is 35.9 Å². The number of likely N-dealkylation sites (tertiary alicyclic amines) is 1. The predicted molar refractivity (Wildman–Crippen MR) is 70.7 cm³/mol. The smallest absolute Gasteiger partial charge is 0.0694 e. The van der Waals surface area contributed by atoms with Crippen molar-refractivity contribution < 1.29 is 5.11 Å². The van der Waals surface area contributed by atoms with Crippen LogP contribution in [0.25, 0.3) is 0 Å². The molecule has 0 aromatic heterocycles. The molecule has 1 saturated heterocycles. The first-order valence-electron chi connectivity index (χ1n) is 6.49. The van der Waals surface area contributed by atoms with Gasteiger partial charge in [0.05, 0.1) is 5.60 Å². The highest BCUT2D eigenvalue weighted by Gasteiger charge is 2.40. The number of hydrogen-bond acceptors (Lipinski definition) is 2. The van der Waals surface area contributed by atoms with Gasteiger partial charge >= 0.3 is 0 Å². The molecule has 2 nitrogen and oxygen atoms in total.